The van der Waals surface area contributed by atoms with Gasteiger partial charge in [0, 0.05) is 23.6 Å². The summed E-state index contributed by atoms with van der Waals surface area (Å²) < 4.78 is 17.4. The quantitative estimate of drug-likeness (QED) is 0.315. The van der Waals surface area contributed by atoms with Crippen molar-refractivity contribution in [2.24, 2.45) is 0 Å². The number of thioether (sulfide) groups is 1. The largest absolute Gasteiger partial charge is 0.491 e. The third-order valence-electron chi connectivity index (χ3n) is 4.92. The van der Waals surface area contributed by atoms with Gasteiger partial charge < -0.3 is 24.4 Å². The van der Waals surface area contributed by atoms with E-state index in [1.807, 2.05) is 36.6 Å². The molecule has 0 heterocycles. The van der Waals surface area contributed by atoms with Gasteiger partial charge in [0.15, 0.2) is 6.10 Å². The van der Waals surface area contributed by atoms with Gasteiger partial charge in [-0.2, -0.15) is 0 Å². The van der Waals surface area contributed by atoms with Crippen LogP contribution < -0.4 is 14.8 Å². The van der Waals surface area contributed by atoms with Crippen molar-refractivity contribution in [1.29, 1.82) is 0 Å². The highest BCUT2D eigenvalue weighted by molar-refractivity contribution is 7.98. The number of carbonyl (C=O) groups excluding carboxylic acids is 1. The molecule has 0 saturated heterocycles. The monoisotopic (exact) mass is 483 g/mol. The van der Waals surface area contributed by atoms with Gasteiger partial charge >= 0.3 is 6.09 Å². The van der Waals surface area contributed by atoms with Gasteiger partial charge in [0.1, 0.15) is 24.2 Å². The second-order valence-corrected chi connectivity index (χ2v) is 8.18. The Hall–Kier alpha value is -3.20. The summed E-state index contributed by atoms with van der Waals surface area (Å²) in [6.45, 7) is -0.0524. The van der Waals surface area contributed by atoms with Crippen LogP contribution in [0, 0.1) is 0 Å². The first kappa shape index (κ1) is 25.4. The fraction of sp³-hybridized carbons (Fsp3) is 0.269. The summed E-state index contributed by atoms with van der Waals surface area (Å²) in [5.41, 5.74) is 1.29. The van der Waals surface area contributed by atoms with E-state index in [0.717, 1.165) is 4.90 Å². The Morgan fingerprint density at radius 3 is 2.24 bits per heavy atom. The summed E-state index contributed by atoms with van der Waals surface area (Å²) in [5.74, 6) is 1.18. The van der Waals surface area contributed by atoms with E-state index >= 15 is 0 Å². The summed E-state index contributed by atoms with van der Waals surface area (Å²) in [6.07, 6.45) is 0.154. The lowest BCUT2D eigenvalue weighted by molar-refractivity contribution is 0.00906. The number of amides is 1. The van der Waals surface area contributed by atoms with E-state index in [1.165, 1.54) is 0 Å². The summed E-state index contributed by atoms with van der Waals surface area (Å²) >= 11 is 1.61. The van der Waals surface area contributed by atoms with Gasteiger partial charge in [0.05, 0.1) is 6.61 Å². The minimum atomic E-state index is -0.801. The number of carbonyl (C=O) groups is 1. The number of ether oxygens (including phenoxy) is 3. The number of hydrogen-bond acceptors (Lipinski definition) is 7. The molecule has 0 bridgehead atoms. The van der Waals surface area contributed by atoms with Crippen molar-refractivity contribution in [1.82, 2.24) is 0 Å². The van der Waals surface area contributed by atoms with Gasteiger partial charge in [-0.1, -0.05) is 30.3 Å². The topological polar surface area (TPSA) is 97.3 Å². The molecule has 1 amide bonds. The van der Waals surface area contributed by atoms with Gasteiger partial charge in [-0.15, -0.1) is 11.8 Å². The predicted molar refractivity (Wildman–Crippen MR) is 133 cm³/mol. The average Bonchev–Trinajstić information content (AvgIpc) is 2.87. The first-order chi connectivity index (χ1) is 16.6. The molecule has 0 aliphatic carbocycles. The summed E-state index contributed by atoms with van der Waals surface area (Å²) in [6, 6.07) is 23.6. The van der Waals surface area contributed by atoms with Crippen LogP contribution >= 0.6 is 11.8 Å². The molecule has 0 spiro atoms. The van der Waals surface area contributed by atoms with Crippen LogP contribution in [0.25, 0.3) is 0 Å². The molecule has 0 aliphatic rings. The number of benzene rings is 3. The Kier molecular flexibility index (Phi) is 10.1. The molecular weight excluding hydrogens is 454 g/mol. The van der Waals surface area contributed by atoms with Gasteiger partial charge in [-0.05, 0) is 60.4 Å². The maximum Gasteiger partial charge on any atom is 0.412 e. The van der Waals surface area contributed by atoms with Crippen LogP contribution in [0.5, 0.6) is 11.5 Å². The average molecular weight is 484 g/mol. The van der Waals surface area contributed by atoms with Crippen molar-refractivity contribution >= 4 is 23.5 Å². The van der Waals surface area contributed by atoms with Gasteiger partial charge in [0.2, 0.25) is 0 Å². The van der Waals surface area contributed by atoms with Crippen LogP contribution in [0.1, 0.15) is 18.1 Å². The van der Waals surface area contributed by atoms with Crippen molar-refractivity contribution in [3.8, 4) is 11.5 Å². The molecule has 0 fully saturated rings. The van der Waals surface area contributed by atoms with Crippen molar-refractivity contribution in [2.45, 2.75) is 23.5 Å². The highest BCUT2D eigenvalue weighted by atomic mass is 32.2. The fourth-order valence-corrected chi connectivity index (χ4v) is 3.69. The highest BCUT2D eigenvalue weighted by Crippen LogP contribution is 2.30. The zero-order chi connectivity index (χ0) is 24.2. The van der Waals surface area contributed by atoms with Crippen LogP contribution in [-0.2, 0) is 4.74 Å². The third kappa shape index (κ3) is 7.69. The zero-order valence-electron chi connectivity index (χ0n) is 18.9. The standard InChI is InChI=1S/C26H29NO6S/c1-34-23-13-9-20(10-14-23)27-26(30)33-25(19-7-11-21(12-8-19)31-18-17-29)24(15-16-28)32-22-5-3-2-4-6-22/h2-14,24-25,28-29H,15-18H2,1H3,(H,27,30)/t24-,25-/m1/s1. The molecule has 8 heteroatoms. The Labute approximate surface area is 203 Å². The molecular formula is C26H29NO6S. The van der Waals surface area contributed by atoms with E-state index in [4.69, 9.17) is 19.3 Å². The Balaban J connectivity index is 1.82. The van der Waals surface area contributed by atoms with E-state index in [9.17, 15) is 9.90 Å². The lowest BCUT2D eigenvalue weighted by atomic mass is 10.0. The summed E-state index contributed by atoms with van der Waals surface area (Å²) in [5, 5.41) is 21.4. The molecule has 2 atom stereocenters. The number of nitrogens with one attached hydrogen (secondary N) is 1. The number of anilines is 1. The van der Waals surface area contributed by atoms with E-state index in [2.05, 4.69) is 5.32 Å². The molecule has 3 rings (SSSR count). The molecule has 180 valence electrons. The third-order valence-corrected chi connectivity index (χ3v) is 5.66. The molecule has 34 heavy (non-hydrogen) atoms. The van der Waals surface area contributed by atoms with Crippen LogP contribution in [-0.4, -0.2) is 48.5 Å². The van der Waals surface area contributed by atoms with Gasteiger partial charge in [-0.25, -0.2) is 4.79 Å². The molecule has 0 aliphatic heterocycles. The highest BCUT2D eigenvalue weighted by Gasteiger charge is 2.29. The lowest BCUT2D eigenvalue weighted by Crippen LogP contribution is -2.31. The molecule has 0 radical (unpaired) electrons. The lowest BCUT2D eigenvalue weighted by Gasteiger charge is -2.28. The molecule has 0 unspecified atom stereocenters. The Morgan fingerprint density at radius 1 is 0.912 bits per heavy atom. The minimum absolute atomic E-state index is 0.0882. The van der Waals surface area contributed by atoms with Crippen molar-refractivity contribution in [3.05, 3.63) is 84.4 Å². The molecule has 0 saturated carbocycles. The summed E-state index contributed by atoms with van der Waals surface area (Å²) in [4.78, 5) is 13.9. The predicted octanol–water partition coefficient (Wildman–Crippen LogP) is 4.90. The Morgan fingerprint density at radius 2 is 1.62 bits per heavy atom. The van der Waals surface area contributed by atoms with Crippen molar-refractivity contribution < 1.29 is 29.2 Å². The Bertz CT molecular complexity index is 998. The first-order valence-electron chi connectivity index (χ1n) is 10.9. The van der Waals surface area contributed by atoms with E-state index < -0.39 is 18.3 Å². The van der Waals surface area contributed by atoms with Gasteiger partial charge in [-0.3, -0.25) is 5.32 Å². The van der Waals surface area contributed by atoms with E-state index in [0.29, 0.717) is 22.7 Å². The molecule has 3 N–H and O–H groups in total. The van der Waals surface area contributed by atoms with Crippen LogP contribution in [0.3, 0.4) is 0 Å². The zero-order valence-corrected chi connectivity index (χ0v) is 19.7. The van der Waals surface area contributed by atoms with E-state index in [-0.39, 0.29) is 26.2 Å². The SMILES string of the molecule is CSc1ccc(NC(=O)O[C@H](c2ccc(OCCO)cc2)[C@@H](CCO)Oc2ccccc2)cc1. The number of hydrogen-bond donors (Lipinski definition) is 3. The smallest absolute Gasteiger partial charge is 0.412 e. The molecule has 0 aromatic heterocycles. The molecule has 3 aromatic carbocycles. The van der Waals surface area contributed by atoms with Crippen LogP contribution in [0.2, 0.25) is 0 Å². The second kappa shape index (κ2) is 13.5. The number of aliphatic hydroxyl groups is 2. The van der Waals surface area contributed by atoms with Crippen molar-refractivity contribution in [3.63, 3.8) is 0 Å². The number of aliphatic hydroxyl groups excluding tert-OH is 2. The van der Waals surface area contributed by atoms with Crippen LogP contribution in [0.15, 0.2) is 83.8 Å². The van der Waals surface area contributed by atoms with Crippen LogP contribution in [0.4, 0.5) is 10.5 Å². The number of rotatable bonds is 12. The van der Waals surface area contributed by atoms with Crippen molar-refractivity contribution in [2.75, 3.05) is 31.4 Å². The fourth-order valence-electron chi connectivity index (χ4n) is 3.29. The normalized spacial score (nSPS) is 12.4. The minimum Gasteiger partial charge on any atom is -0.491 e. The van der Waals surface area contributed by atoms with Gasteiger partial charge in [0.25, 0.3) is 0 Å². The van der Waals surface area contributed by atoms with E-state index in [1.54, 1.807) is 60.3 Å². The summed E-state index contributed by atoms with van der Waals surface area (Å²) in [7, 11) is 0. The molecule has 3 aromatic rings. The second-order valence-electron chi connectivity index (χ2n) is 7.30. The maximum atomic E-state index is 12.8. The molecule has 7 nitrogen and oxygen atoms in total. The number of para-hydroxylation sites is 1. The maximum absolute atomic E-state index is 12.8. The first-order valence-corrected chi connectivity index (χ1v) is 12.1.